The summed E-state index contributed by atoms with van der Waals surface area (Å²) in [5.74, 6) is 0. The molecule has 3 aliphatic rings. The van der Waals surface area contributed by atoms with Crippen LogP contribution in [0.2, 0.25) is 0 Å². The van der Waals surface area contributed by atoms with Crippen molar-refractivity contribution in [3.8, 4) is 10.7 Å². The third kappa shape index (κ3) is 4.65. The predicted molar refractivity (Wildman–Crippen MR) is 140 cm³/mol. The van der Waals surface area contributed by atoms with Crippen LogP contribution in [0.15, 0.2) is 23.1 Å². The van der Waals surface area contributed by atoms with E-state index in [9.17, 15) is 25.6 Å². The van der Waals surface area contributed by atoms with E-state index in [-0.39, 0.29) is 33.9 Å². The van der Waals surface area contributed by atoms with Crippen LogP contribution in [-0.4, -0.2) is 65.1 Å². The fourth-order valence-electron chi connectivity index (χ4n) is 4.73. The summed E-state index contributed by atoms with van der Waals surface area (Å²) < 4.78 is 84.2. The molecule has 0 radical (unpaired) electrons. The summed E-state index contributed by atoms with van der Waals surface area (Å²) in [4.78, 5) is 3.33. The lowest BCUT2D eigenvalue weighted by molar-refractivity contribution is 0.150. The highest BCUT2D eigenvalue weighted by Gasteiger charge is 2.54. The number of nitrogens with zero attached hydrogens (tertiary/aromatic N) is 6. The molecule has 0 atom stereocenters. The number of rotatable bonds is 8. The van der Waals surface area contributed by atoms with Gasteiger partial charge in [-0.05, 0) is 37.0 Å². The lowest BCUT2D eigenvalue weighted by Crippen LogP contribution is -2.37. The molecule has 206 valence electrons. The summed E-state index contributed by atoms with van der Waals surface area (Å²) in [6.07, 6.45) is 1.43. The van der Waals surface area contributed by atoms with E-state index in [4.69, 9.17) is 6.57 Å². The number of benzene rings is 1. The molecule has 0 bridgehead atoms. The van der Waals surface area contributed by atoms with Crippen molar-refractivity contribution in [2.24, 2.45) is 7.05 Å². The van der Waals surface area contributed by atoms with Crippen molar-refractivity contribution < 1.29 is 25.6 Å². The molecular weight excluding hydrogens is 572 g/mol. The van der Waals surface area contributed by atoms with Crippen LogP contribution in [0.1, 0.15) is 49.1 Å². The molecule has 1 aliphatic heterocycles. The highest BCUT2D eigenvalue weighted by atomic mass is 32.2. The Kier molecular flexibility index (Phi) is 6.15. The molecule has 16 heteroatoms. The number of alkyl halides is 2. The second-order valence-corrected chi connectivity index (χ2v) is 14.8. The van der Waals surface area contributed by atoms with Crippen molar-refractivity contribution in [3.05, 3.63) is 40.2 Å². The lowest BCUT2D eigenvalue weighted by Gasteiger charge is -2.26. The van der Waals surface area contributed by atoms with Crippen molar-refractivity contribution in [3.63, 3.8) is 0 Å². The maximum Gasteiger partial charge on any atom is 0.299 e. The third-order valence-corrected chi connectivity index (χ3v) is 11.9. The largest absolute Gasteiger partial charge is 0.299 e. The summed E-state index contributed by atoms with van der Waals surface area (Å²) in [6, 6.07) is 2.90. The number of hydrogen-bond donors (Lipinski definition) is 1. The molecule has 2 saturated carbocycles. The molecule has 2 aliphatic carbocycles. The minimum absolute atomic E-state index is 0.110. The van der Waals surface area contributed by atoms with Crippen LogP contribution in [0.3, 0.4) is 0 Å². The molecular formula is C23H23F2N7O4S3. The Labute approximate surface area is 227 Å². The number of aromatic nitrogens is 4. The molecule has 6 rings (SSSR count). The second-order valence-electron chi connectivity index (χ2n) is 9.92. The summed E-state index contributed by atoms with van der Waals surface area (Å²) in [7, 11) is -5.85. The van der Waals surface area contributed by atoms with E-state index in [1.54, 1.807) is 13.1 Å². The van der Waals surface area contributed by atoms with E-state index in [1.807, 2.05) is 0 Å². The molecule has 2 fully saturated rings. The molecule has 1 aromatic carbocycles. The van der Waals surface area contributed by atoms with E-state index >= 15 is 0 Å². The molecule has 39 heavy (non-hydrogen) atoms. The smallest absolute Gasteiger partial charge is 0.292 e. The van der Waals surface area contributed by atoms with Gasteiger partial charge in [0.1, 0.15) is 5.69 Å². The van der Waals surface area contributed by atoms with Crippen molar-refractivity contribution >= 4 is 47.9 Å². The molecule has 0 saturated heterocycles. The average molecular weight is 596 g/mol. The normalized spacial score (nSPS) is 19.8. The Morgan fingerprint density at radius 1 is 1.21 bits per heavy atom. The average Bonchev–Trinajstić information content (AvgIpc) is 3.82. The summed E-state index contributed by atoms with van der Waals surface area (Å²) in [6.45, 7) is 7.79. The van der Waals surface area contributed by atoms with Crippen molar-refractivity contribution in [1.29, 1.82) is 0 Å². The van der Waals surface area contributed by atoms with Gasteiger partial charge < -0.3 is 0 Å². The first-order valence-electron chi connectivity index (χ1n) is 12.2. The van der Waals surface area contributed by atoms with E-state index in [2.05, 4.69) is 24.9 Å². The summed E-state index contributed by atoms with van der Waals surface area (Å²) >= 11 is 0.671. The fourth-order valence-corrected chi connectivity index (χ4v) is 8.63. The number of hydrogen-bond acceptors (Lipinski definition) is 8. The van der Waals surface area contributed by atoms with Gasteiger partial charge in [-0.15, -0.1) is 14.9 Å². The highest BCUT2D eigenvalue weighted by Crippen LogP contribution is 2.41. The Balaban J connectivity index is 1.49. The Morgan fingerprint density at radius 2 is 1.95 bits per heavy atom. The van der Waals surface area contributed by atoms with Gasteiger partial charge in [-0.2, -0.15) is 9.40 Å². The zero-order valence-electron chi connectivity index (χ0n) is 20.6. The van der Waals surface area contributed by atoms with Crippen LogP contribution in [0.25, 0.3) is 32.0 Å². The molecule has 0 amide bonds. The van der Waals surface area contributed by atoms with E-state index in [1.165, 1.54) is 21.1 Å². The number of halogens is 2. The molecule has 2 aromatic heterocycles. The Hall–Kier alpha value is -2.84. The van der Waals surface area contributed by atoms with Crippen molar-refractivity contribution in [2.45, 2.75) is 54.3 Å². The van der Waals surface area contributed by atoms with Gasteiger partial charge >= 0.3 is 0 Å². The van der Waals surface area contributed by atoms with Gasteiger partial charge in [-0.3, -0.25) is 9.53 Å². The van der Waals surface area contributed by atoms with Crippen LogP contribution in [0, 0.1) is 6.57 Å². The topological polar surface area (TPSA) is 132 Å². The molecule has 3 heterocycles. The summed E-state index contributed by atoms with van der Waals surface area (Å²) in [5.41, 5.74) is 0.859. The van der Waals surface area contributed by atoms with Gasteiger partial charge in [0, 0.05) is 31.1 Å². The lowest BCUT2D eigenvalue weighted by atomic mass is 9.97. The standard InChI is InChI=1S/C23H23F2N7O4S3/c1-26-23(7-8-23)30-38(33,34)15-11-16(13-5-9-32(10-6-13)39(35,36)14-3-4-14)19-17(12-15)18(29-31(19)2)21-27-28-22(37-21)20(24)25/h5,11-12,14,20,30H,3-4,6-10H2,2H3. The number of aryl methyl sites for hydroxylation is 1. The van der Waals surface area contributed by atoms with Gasteiger partial charge in [0.05, 0.1) is 28.5 Å². The SMILES string of the molecule is [C-]#[N+]C1(NS(=O)(=O)c2cc(C3=CCN(S(=O)(=O)C4CC4)CC3)c3c(c2)c(-c2nnc(C(F)F)s2)nn3C)CC1. The number of sulfonamides is 2. The maximum absolute atomic E-state index is 13.4. The van der Waals surface area contributed by atoms with Gasteiger partial charge in [0.15, 0.2) is 10.0 Å². The van der Waals surface area contributed by atoms with Crippen LogP contribution >= 0.6 is 11.3 Å². The van der Waals surface area contributed by atoms with E-state index in [0.29, 0.717) is 59.9 Å². The van der Waals surface area contributed by atoms with Crippen molar-refractivity contribution in [1.82, 2.24) is 29.0 Å². The molecule has 3 aromatic rings. The molecule has 11 nitrogen and oxygen atoms in total. The third-order valence-electron chi connectivity index (χ3n) is 7.14. The summed E-state index contributed by atoms with van der Waals surface area (Å²) in [5, 5.41) is 11.6. The zero-order valence-corrected chi connectivity index (χ0v) is 23.1. The monoisotopic (exact) mass is 595 g/mol. The highest BCUT2D eigenvalue weighted by molar-refractivity contribution is 7.90. The van der Waals surface area contributed by atoms with Gasteiger partial charge in [-0.1, -0.05) is 17.4 Å². The fraction of sp³-hybridized carbons (Fsp3) is 0.478. The van der Waals surface area contributed by atoms with Gasteiger partial charge in [0.2, 0.25) is 20.0 Å². The quantitative estimate of drug-likeness (QED) is 0.396. The minimum Gasteiger partial charge on any atom is -0.292 e. The Morgan fingerprint density at radius 3 is 2.51 bits per heavy atom. The Bertz CT molecular complexity index is 1780. The van der Waals surface area contributed by atoms with Crippen LogP contribution in [0.5, 0.6) is 0 Å². The van der Waals surface area contributed by atoms with E-state index < -0.39 is 37.1 Å². The van der Waals surface area contributed by atoms with Crippen molar-refractivity contribution in [2.75, 3.05) is 13.1 Å². The van der Waals surface area contributed by atoms with E-state index in [0.717, 1.165) is 5.57 Å². The first kappa shape index (κ1) is 26.4. The molecule has 0 spiro atoms. The maximum atomic E-state index is 13.4. The van der Waals surface area contributed by atoms with Crippen LogP contribution < -0.4 is 4.72 Å². The number of fused-ring (bicyclic) bond motifs is 1. The van der Waals surface area contributed by atoms with Gasteiger partial charge in [0.25, 0.3) is 12.1 Å². The first-order chi connectivity index (χ1) is 18.4. The van der Waals surface area contributed by atoms with Gasteiger partial charge in [-0.25, -0.2) is 32.2 Å². The molecule has 1 N–H and O–H groups in total. The van der Waals surface area contributed by atoms with Crippen LogP contribution in [-0.2, 0) is 27.1 Å². The second kappa shape index (κ2) is 9.10. The molecule has 0 unspecified atom stereocenters. The van der Waals surface area contributed by atoms with Crippen LogP contribution in [0.4, 0.5) is 8.78 Å². The number of nitrogens with one attached hydrogen (secondary N) is 1. The first-order valence-corrected chi connectivity index (χ1v) is 16.0. The zero-order chi connectivity index (χ0) is 27.7. The minimum atomic E-state index is -4.14. The predicted octanol–water partition coefficient (Wildman–Crippen LogP) is 3.30.